The Labute approximate surface area is 178 Å². The molecule has 1 aromatic heterocycles. The highest BCUT2D eigenvalue weighted by atomic mass is 35.5. The lowest BCUT2D eigenvalue weighted by Crippen LogP contribution is -2.12. The number of nitrogens with zero attached hydrogens (tertiary/aromatic N) is 1. The molecular weight excluding hydrogens is 407 g/mol. The largest absolute Gasteiger partial charge is 0.436 e. The molecule has 1 amide bonds. The maximum atomic E-state index is 12.7. The van der Waals surface area contributed by atoms with Crippen molar-refractivity contribution < 1.29 is 9.21 Å². The Morgan fingerprint density at radius 3 is 2.38 bits per heavy atom. The molecule has 0 radical (unpaired) electrons. The summed E-state index contributed by atoms with van der Waals surface area (Å²) in [6.45, 7) is 5.95. The van der Waals surface area contributed by atoms with Crippen molar-refractivity contribution in [3.8, 4) is 11.5 Å². The van der Waals surface area contributed by atoms with Crippen molar-refractivity contribution in [3.05, 3.63) is 80.8 Å². The molecule has 29 heavy (non-hydrogen) atoms. The number of oxazole rings is 1. The summed E-state index contributed by atoms with van der Waals surface area (Å²) < 4.78 is 6.00. The second-order valence-electron chi connectivity index (χ2n) is 7.09. The van der Waals surface area contributed by atoms with E-state index < -0.39 is 0 Å². The maximum absolute atomic E-state index is 12.7. The molecule has 0 aliphatic carbocycles. The summed E-state index contributed by atoms with van der Waals surface area (Å²) in [4.78, 5) is 17.3. The van der Waals surface area contributed by atoms with E-state index in [9.17, 15) is 4.79 Å². The van der Waals surface area contributed by atoms with E-state index in [2.05, 4.69) is 16.4 Å². The fraction of sp³-hybridized carbons (Fsp3) is 0.130. The van der Waals surface area contributed by atoms with Crippen molar-refractivity contribution in [2.75, 3.05) is 5.32 Å². The van der Waals surface area contributed by atoms with Gasteiger partial charge in [0, 0.05) is 26.9 Å². The number of hydrogen-bond acceptors (Lipinski definition) is 3. The van der Waals surface area contributed by atoms with Gasteiger partial charge in [0.15, 0.2) is 5.58 Å². The molecule has 6 heteroatoms. The molecule has 0 saturated carbocycles. The van der Waals surface area contributed by atoms with Crippen molar-refractivity contribution in [3.63, 3.8) is 0 Å². The van der Waals surface area contributed by atoms with Crippen LogP contribution in [-0.4, -0.2) is 10.9 Å². The number of aryl methyl sites for hydroxylation is 3. The Balaban J connectivity index is 1.69. The highest BCUT2D eigenvalue weighted by Gasteiger charge is 2.14. The van der Waals surface area contributed by atoms with E-state index in [0.29, 0.717) is 27.2 Å². The molecular formula is C23H18Cl2N2O2. The van der Waals surface area contributed by atoms with Crippen LogP contribution in [-0.2, 0) is 0 Å². The van der Waals surface area contributed by atoms with E-state index >= 15 is 0 Å². The smallest absolute Gasteiger partial charge is 0.255 e. The summed E-state index contributed by atoms with van der Waals surface area (Å²) in [5, 5.41) is 3.73. The zero-order valence-corrected chi connectivity index (χ0v) is 17.7. The lowest BCUT2D eigenvalue weighted by atomic mass is 10.1. The first-order valence-corrected chi connectivity index (χ1v) is 9.82. The number of hydrogen-bond donors (Lipinski definition) is 1. The summed E-state index contributed by atoms with van der Waals surface area (Å²) in [5.41, 5.74) is 6.51. The van der Waals surface area contributed by atoms with Gasteiger partial charge in [-0.3, -0.25) is 4.79 Å². The van der Waals surface area contributed by atoms with Gasteiger partial charge >= 0.3 is 0 Å². The topological polar surface area (TPSA) is 55.1 Å². The monoisotopic (exact) mass is 424 g/mol. The highest BCUT2D eigenvalue weighted by molar-refractivity contribution is 6.35. The molecule has 0 atom stereocenters. The van der Waals surface area contributed by atoms with E-state index in [-0.39, 0.29) is 5.91 Å². The van der Waals surface area contributed by atoms with E-state index in [1.54, 1.807) is 18.2 Å². The quantitative estimate of drug-likeness (QED) is 0.385. The van der Waals surface area contributed by atoms with Crippen LogP contribution in [0.2, 0.25) is 10.0 Å². The van der Waals surface area contributed by atoms with Gasteiger partial charge in [-0.05, 0) is 73.9 Å². The Morgan fingerprint density at radius 2 is 1.66 bits per heavy atom. The van der Waals surface area contributed by atoms with Gasteiger partial charge in [0.25, 0.3) is 5.91 Å². The summed E-state index contributed by atoms with van der Waals surface area (Å²) >= 11 is 12.0. The van der Waals surface area contributed by atoms with Crippen LogP contribution in [0.1, 0.15) is 27.0 Å². The third kappa shape index (κ3) is 4.00. The molecule has 3 aromatic carbocycles. The minimum Gasteiger partial charge on any atom is -0.436 e. The van der Waals surface area contributed by atoms with Crippen molar-refractivity contribution in [2.45, 2.75) is 20.8 Å². The number of fused-ring (bicyclic) bond motifs is 1. The second-order valence-corrected chi connectivity index (χ2v) is 7.96. The molecule has 0 aliphatic heterocycles. The molecule has 0 saturated heterocycles. The minimum atomic E-state index is -0.293. The van der Waals surface area contributed by atoms with Crippen molar-refractivity contribution in [1.29, 1.82) is 0 Å². The number of benzene rings is 3. The van der Waals surface area contributed by atoms with Crippen LogP contribution in [0.3, 0.4) is 0 Å². The number of nitrogens with one attached hydrogen (secondary N) is 1. The predicted molar refractivity (Wildman–Crippen MR) is 118 cm³/mol. The summed E-state index contributed by atoms with van der Waals surface area (Å²) in [6.07, 6.45) is 0. The van der Waals surface area contributed by atoms with Gasteiger partial charge < -0.3 is 9.73 Å². The minimum absolute atomic E-state index is 0.293. The van der Waals surface area contributed by atoms with Crippen LogP contribution >= 0.6 is 23.2 Å². The lowest BCUT2D eigenvalue weighted by molar-refractivity contribution is 0.102. The molecule has 4 nitrogen and oxygen atoms in total. The molecule has 0 unspecified atom stereocenters. The zero-order chi connectivity index (χ0) is 20.7. The van der Waals surface area contributed by atoms with Crippen LogP contribution in [0.4, 0.5) is 5.69 Å². The average Bonchev–Trinajstić information content (AvgIpc) is 3.07. The first kappa shape index (κ1) is 19.5. The standard InChI is InChI=1S/C23H18Cl2N2O2/c1-12-6-14(3)21-20(7-12)27-23(29-21)15-5-4-13(2)19(10-15)26-22(28)16-8-17(24)11-18(25)9-16/h4-11H,1-3H3,(H,26,28). The Hall–Kier alpha value is -2.82. The van der Waals surface area contributed by atoms with Crippen LogP contribution in [0, 0.1) is 20.8 Å². The summed E-state index contributed by atoms with van der Waals surface area (Å²) in [7, 11) is 0. The first-order chi connectivity index (χ1) is 13.8. The number of carbonyl (C=O) groups is 1. The van der Waals surface area contributed by atoms with Gasteiger partial charge in [-0.2, -0.15) is 0 Å². The normalized spacial score (nSPS) is 11.1. The molecule has 0 fully saturated rings. The molecule has 4 aromatic rings. The van der Waals surface area contributed by atoms with E-state index in [1.165, 1.54) is 0 Å². The number of aromatic nitrogens is 1. The van der Waals surface area contributed by atoms with Gasteiger partial charge in [-0.1, -0.05) is 35.3 Å². The number of rotatable bonds is 3. The number of halogens is 2. The molecule has 0 spiro atoms. The molecule has 1 heterocycles. The molecule has 0 bridgehead atoms. The number of anilines is 1. The van der Waals surface area contributed by atoms with Crippen LogP contribution in [0.15, 0.2) is 52.9 Å². The second kappa shape index (κ2) is 7.54. The highest BCUT2D eigenvalue weighted by Crippen LogP contribution is 2.30. The lowest BCUT2D eigenvalue weighted by Gasteiger charge is -2.10. The third-order valence-electron chi connectivity index (χ3n) is 4.68. The fourth-order valence-corrected chi connectivity index (χ4v) is 3.80. The van der Waals surface area contributed by atoms with Gasteiger partial charge in [0.1, 0.15) is 5.52 Å². The Morgan fingerprint density at radius 1 is 0.931 bits per heavy atom. The van der Waals surface area contributed by atoms with Gasteiger partial charge in [-0.15, -0.1) is 0 Å². The van der Waals surface area contributed by atoms with Crippen LogP contribution < -0.4 is 5.32 Å². The van der Waals surface area contributed by atoms with Crippen molar-refractivity contribution in [1.82, 2.24) is 4.98 Å². The Kier molecular flexibility index (Phi) is 5.07. The van der Waals surface area contributed by atoms with Crippen LogP contribution in [0.5, 0.6) is 0 Å². The molecule has 1 N–H and O–H groups in total. The van der Waals surface area contributed by atoms with Gasteiger partial charge in [0.2, 0.25) is 5.89 Å². The van der Waals surface area contributed by atoms with Crippen molar-refractivity contribution >= 4 is 45.9 Å². The maximum Gasteiger partial charge on any atom is 0.255 e. The van der Waals surface area contributed by atoms with Gasteiger partial charge in [0.05, 0.1) is 0 Å². The number of amides is 1. The zero-order valence-electron chi connectivity index (χ0n) is 16.1. The summed E-state index contributed by atoms with van der Waals surface area (Å²) in [6, 6.07) is 14.5. The predicted octanol–water partition coefficient (Wildman–Crippen LogP) is 6.98. The molecule has 146 valence electrons. The fourth-order valence-electron chi connectivity index (χ4n) is 3.27. The molecule has 0 aliphatic rings. The Bertz CT molecular complexity index is 1240. The average molecular weight is 425 g/mol. The van der Waals surface area contributed by atoms with E-state index in [4.69, 9.17) is 27.6 Å². The SMILES string of the molecule is Cc1cc(C)c2oc(-c3ccc(C)c(NC(=O)c4cc(Cl)cc(Cl)c4)c3)nc2c1. The van der Waals surface area contributed by atoms with Gasteiger partial charge in [-0.25, -0.2) is 4.98 Å². The van der Waals surface area contributed by atoms with E-state index in [1.807, 2.05) is 45.0 Å². The van der Waals surface area contributed by atoms with Crippen LogP contribution in [0.25, 0.3) is 22.6 Å². The van der Waals surface area contributed by atoms with Crippen molar-refractivity contribution in [2.24, 2.45) is 0 Å². The first-order valence-electron chi connectivity index (χ1n) is 9.06. The third-order valence-corrected chi connectivity index (χ3v) is 5.11. The number of carbonyl (C=O) groups excluding carboxylic acids is 1. The van der Waals surface area contributed by atoms with E-state index in [0.717, 1.165) is 33.4 Å². The summed E-state index contributed by atoms with van der Waals surface area (Å²) in [5.74, 6) is 0.216. The molecule has 4 rings (SSSR count).